The molecule has 1 aromatic carbocycles. The predicted molar refractivity (Wildman–Crippen MR) is 65.6 cm³/mol. The van der Waals surface area contributed by atoms with Gasteiger partial charge in [-0.3, -0.25) is 0 Å². The first-order valence-electron chi connectivity index (χ1n) is 5.45. The van der Waals surface area contributed by atoms with Crippen LogP contribution in [0, 0.1) is 17.1 Å². The number of benzene rings is 1. The largest absolute Gasteiger partial charge is 0.478 e. The van der Waals surface area contributed by atoms with Gasteiger partial charge in [-0.05, 0) is 18.6 Å². The van der Waals surface area contributed by atoms with Crippen LogP contribution in [0.1, 0.15) is 18.9 Å². The fraction of sp³-hybridized carbons (Fsp3) is 0.231. The summed E-state index contributed by atoms with van der Waals surface area (Å²) in [6.07, 6.45) is 1.92. The van der Waals surface area contributed by atoms with Crippen LogP contribution in [0.4, 0.5) is 10.1 Å². The molecule has 0 aliphatic heterocycles. The van der Waals surface area contributed by atoms with E-state index in [0.29, 0.717) is 12.1 Å². The van der Waals surface area contributed by atoms with Crippen LogP contribution in [0.5, 0.6) is 0 Å². The van der Waals surface area contributed by atoms with Crippen LogP contribution in [0.3, 0.4) is 0 Å². The molecule has 0 aliphatic rings. The number of hydrogen-bond acceptors (Lipinski definition) is 3. The molecule has 0 aromatic heterocycles. The standard InChI is InChI=1S/C13H13FN2O2/c1-2-9(13(17)18)6-7-16-12-5-3-4-11(14)10(12)8-15/h3-6,16H,2,7H2,1H3,(H,17,18)/b9-6-. The molecule has 5 heteroatoms. The number of hydrogen-bond donors (Lipinski definition) is 2. The van der Waals surface area contributed by atoms with Crippen molar-refractivity contribution in [1.82, 2.24) is 0 Å². The SMILES string of the molecule is CC/C(=C/CNc1cccc(F)c1C#N)C(=O)O. The molecule has 0 amide bonds. The van der Waals surface area contributed by atoms with E-state index >= 15 is 0 Å². The molecule has 0 unspecified atom stereocenters. The highest BCUT2D eigenvalue weighted by molar-refractivity contribution is 5.86. The Hall–Kier alpha value is -2.35. The zero-order valence-corrected chi connectivity index (χ0v) is 9.90. The normalized spacial score (nSPS) is 10.8. The molecular formula is C13H13FN2O2. The zero-order valence-electron chi connectivity index (χ0n) is 9.90. The molecular weight excluding hydrogens is 235 g/mol. The Kier molecular flexibility index (Phi) is 4.88. The number of nitrogens with zero attached hydrogens (tertiary/aromatic N) is 1. The van der Waals surface area contributed by atoms with Gasteiger partial charge in [-0.15, -0.1) is 0 Å². The Balaban J connectivity index is 2.79. The summed E-state index contributed by atoms with van der Waals surface area (Å²) in [6, 6.07) is 6.02. The lowest BCUT2D eigenvalue weighted by atomic mass is 10.1. The van der Waals surface area contributed by atoms with Gasteiger partial charge in [0.15, 0.2) is 0 Å². The van der Waals surface area contributed by atoms with Crippen molar-refractivity contribution in [2.75, 3.05) is 11.9 Å². The number of halogens is 1. The molecule has 1 aromatic rings. The fourth-order valence-corrected chi connectivity index (χ4v) is 1.45. The van der Waals surface area contributed by atoms with Gasteiger partial charge >= 0.3 is 5.97 Å². The molecule has 94 valence electrons. The number of rotatable bonds is 5. The van der Waals surface area contributed by atoms with Gasteiger partial charge in [0.2, 0.25) is 0 Å². The number of nitrogens with one attached hydrogen (secondary N) is 1. The molecule has 18 heavy (non-hydrogen) atoms. The molecule has 0 radical (unpaired) electrons. The second kappa shape index (κ2) is 6.40. The third-order valence-electron chi connectivity index (χ3n) is 2.42. The minimum absolute atomic E-state index is 0.0701. The summed E-state index contributed by atoms with van der Waals surface area (Å²) in [4.78, 5) is 10.7. The summed E-state index contributed by atoms with van der Waals surface area (Å²) in [5.41, 5.74) is 0.561. The fourth-order valence-electron chi connectivity index (χ4n) is 1.45. The van der Waals surface area contributed by atoms with Crippen LogP contribution < -0.4 is 5.32 Å². The molecule has 0 bridgehead atoms. The van der Waals surface area contributed by atoms with E-state index in [2.05, 4.69) is 5.32 Å². The number of carbonyl (C=O) groups is 1. The van der Waals surface area contributed by atoms with Gasteiger partial charge in [-0.2, -0.15) is 5.26 Å². The van der Waals surface area contributed by atoms with Gasteiger partial charge in [0, 0.05) is 12.1 Å². The Morgan fingerprint density at radius 1 is 1.61 bits per heavy atom. The van der Waals surface area contributed by atoms with E-state index in [0.717, 1.165) is 0 Å². The van der Waals surface area contributed by atoms with Gasteiger partial charge in [0.25, 0.3) is 0 Å². The molecule has 1 rings (SSSR count). The van der Waals surface area contributed by atoms with Crippen molar-refractivity contribution in [1.29, 1.82) is 5.26 Å². The molecule has 0 atom stereocenters. The van der Waals surface area contributed by atoms with E-state index in [1.807, 2.05) is 0 Å². The summed E-state index contributed by atoms with van der Waals surface area (Å²) in [5, 5.41) is 20.4. The van der Waals surface area contributed by atoms with Gasteiger partial charge in [0.05, 0.1) is 5.69 Å². The highest BCUT2D eigenvalue weighted by atomic mass is 19.1. The van der Waals surface area contributed by atoms with Crippen LogP contribution in [-0.4, -0.2) is 17.6 Å². The number of nitriles is 1. The first-order chi connectivity index (χ1) is 8.60. The Labute approximate surface area is 104 Å². The average molecular weight is 248 g/mol. The lowest BCUT2D eigenvalue weighted by molar-refractivity contribution is -0.132. The summed E-state index contributed by atoms with van der Waals surface area (Å²) in [5.74, 6) is -1.57. The van der Waals surface area contributed by atoms with Crippen LogP contribution in [0.15, 0.2) is 29.8 Å². The highest BCUT2D eigenvalue weighted by Gasteiger charge is 2.07. The van der Waals surface area contributed by atoms with E-state index in [-0.39, 0.29) is 17.7 Å². The van der Waals surface area contributed by atoms with E-state index in [9.17, 15) is 9.18 Å². The second-order valence-corrected chi connectivity index (χ2v) is 3.54. The van der Waals surface area contributed by atoms with Crippen molar-refractivity contribution in [3.05, 3.63) is 41.2 Å². The van der Waals surface area contributed by atoms with Crippen molar-refractivity contribution in [3.8, 4) is 6.07 Å². The monoisotopic (exact) mass is 248 g/mol. The minimum Gasteiger partial charge on any atom is -0.478 e. The summed E-state index contributed by atoms with van der Waals surface area (Å²) >= 11 is 0. The van der Waals surface area contributed by atoms with Crippen LogP contribution >= 0.6 is 0 Å². The lowest BCUT2D eigenvalue weighted by Gasteiger charge is -2.06. The Morgan fingerprint density at radius 3 is 2.89 bits per heavy atom. The smallest absolute Gasteiger partial charge is 0.331 e. The Bertz CT molecular complexity index is 518. The number of anilines is 1. The molecule has 2 N–H and O–H groups in total. The third-order valence-corrected chi connectivity index (χ3v) is 2.42. The summed E-state index contributed by atoms with van der Waals surface area (Å²) in [7, 11) is 0. The maximum atomic E-state index is 13.3. The number of carboxylic acid groups (broad SMARTS) is 1. The molecule has 0 saturated heterocycles. The maximum Gasteiger partial charge on any atom is 0.331 e. The van der Waals surface area contributed by atoms with Gasteiger partial charge in [-0.25, -0.2) is 9.18 Å². The van der Waals surface area contributed by atoms with Gasteiger partial charge < -0.3 is 10.4 Å². The van der Waals surface area contributed by atoms with E-state index < -0.39 is 11.8 Å². The first-order valence-corrected chi connectivity index (χ1v) is 5.45. The summed E-state index contributed by atoms with van der Waals surface area (Å²) in [6.45, 7) is 1.97. The van der Waals surface area contributed by atoms with Crippen molar-refractivity contribution in [2.24, 2.45) is 0 Å². The molecule has 4 nitrogen and oxygen atoms in total. The van der Waals surface area contributed by atoms with Crippen LogP contribution in [-0.2, 0) is 4.79 Å². The first kappa shape index (κ1) is 13.7. The maximum absolute atomic E-state index is 13.3. The van der Waals surface area contributed by atoms with Crippen LogP contribution in [0.2, 0.25) is 0 Å². The second-order valence-electron chi connectivity index (χ2n) is 3.54. The third kappa shape index (κ3) is 3.32. The molecule has 0 aliphatic carbocycles. The Morgan fingerprint density at radius 2 is 2.33 bits per heavy atom. The van der Waals surface area contributed by atoms with Gasteiger partial charge in [-0.1, -0.05) is 19.1 Å². The minimum atomic E-state index is -0.973. The van der Waals surface area contributed by atoms with E-state index in [1.165, 1.54) is 18.2 Å². The highest BCUT2D eigenvalue weighted by Crippen LogP contribution is 2.17. The quantitative estimate of drug-likeness (QED) is 0.785. The number of aliphatic carboxylic acids is 1. The molecule has 0 spiro atoms. The topological polar surface area (TPSA) is 73.1 Å². The van der Waals surface area contributed by atoms with Crippen molar-refractivity contribution in [3.63, 3.8) is 0 Å². The summed E-state index contributed by atoms with van der Waals surface area (Å²) < 4.78 is 13.3. The van der Waals surface area contributed by atoms with E-state index in [4.69, 9.17) is 10.4 Å². The van der Waals surface area contributed by atoms with Crippen molar-refractivity contribution >= 4 is 11.7 Å². The average Bonchev–Trinajstić information content (AvgIpc) is 2.34. The lowest BCUT2D eigenvalue weighted by Crippen LogP contribution is -2.06. The molecule has 0 heterocycles. The van der Waals surface area contributed by atoms with Crippen LogP contribution in [0.25, 0.3) is 0 Å². The molecule has 0 fully saturated rings. The predicted octanol–water partition coefficient (Wildman–Crippen LogP) is 2.53. The molecule has 0 saturated carbocycles. The number of carboxylic acids is 1. The van der Waals surface area contributed by atoms with Crippen molar-refractivity contribution < 1.29 is 14.3 Å². The zero-order chi connectivity index (χ0) is 13.5. The van der Waals surface area contributed by atoms with Gasteiger partial charge in [0.1, 0.15) is 17.4 Å². The van der Waals surface area contributed by atoms with E-state index in [1.54, 1.807) is 19.1 Å². The van der Waals surface area contributed by atoms with Crippen molar-refractivity contribution in [2.45, 2.75) is 13.3 Å².